The zero-order valence-electron chi connectivity index (χ0n) is 18.0. The van der Waals surface area contributed by atoms with E-state index in [1.54, 1.807) is 29.6 Å². The van der Waals surface area contributed by atoms with Crippen molar-refractivity contribution < 1.29 is 14.3 Å². The summed E-state index contributed by atoms with van der Waals surface area (Å²) in [6.45, 7) is 7.30. The van der Waals surface area contributed by atoms with Gasteiger partial charge in [-0.1, -0.05) is 6.07 Å². The highest BCUT2D eigenvalue weighted by molar-refractivity contribution is 7.18. The summed E-state index contributed by atoms with van der Waals surface area (Å²) in [5.41, 5.74) is 2.74. The normalized spacial score (nSPS) is 14.7. The number of rotatable bonds is 6. The monoisotopic (exact) mass is 465 g/mol. The summed E-state index contributed by atoms with van der Waals surface area (Å²) in [4.78, 5) is 25.7. The zero-order chi connectivity index (χ0) is 22.1. The highest BCUT2D eigenvalue weighted by Gasteiger charge is 2.20. The number of morpholine rings is 1. The van der Waals surface area contributed by atoms with Crippen molar-refractivity contribution in [2.75, 3.05) is 26.3 Å². The lowest BCUT2D eigenvalue weighted by Gasteiger charge is -2.27. The van der Waals surface area contributed by atoms with Crippen molar-refractivity contribution >= 4 is 38.7 Å². The van der Waals surface area contributed by atoms with Gasteiger partial charge >= 0.3 is 0 Å². The minimum atomic E-state index is 0.0397. The predicted octanol–water partition coefficient (Wildman–Crippen LogP) is 5.56. The summed E-state index contributed by atoms with van der Waals surface area (Å²) >= 11 is 3.28. The average molecular weight is 466 g/mol. The van der Waals surface area contributed by atoms with Gasteiger partial charge < -0.3 is 9.47 Å². The van der Waals surface area contributed by atoms with E-state index >= 15 is 0 Å². The second kappa shape index (κ2) is 9.07. The van der Waals surface area contributed by atoms with Crippen LogP contribution in [0.25, 0.3) is 20.7 Å². The summed E-state index contributed by atoms with van der Waals surface area (Å²) in [7, 11) is 0. The second-order valence-corrected chi connectivity index (χ2v) is 9.56. The standard InChI is InChI=1S/C24H23N3O3S2/c1-15(28)17-5-6-20(18(12-17)13-27-7-9-29-10-8-27)30-23-22-19(21-4-3-11-31-21)14-32-24(22)26-16(2)25-23/h3-6,11-12,14H,7-10,13H2,1-2H3. The minimum absolute atomic E-state index is 0.0397. The molecule has 8 heteroatoms. The Hall–Kier alpha value is -2.65. The maximum atomic E-state index is 12.0. The number of Topliss-reactive ketones (excluding diaryl/α,β-unsaturated/α-hetero) is 1. The van der Waals surface area contributed by atoms with Gasteiger partial charge in [0.05, 0.1) is 18.6 Å². The number of carbonyl (C=O) groups is 1. The van der Waals surface area contributed by atoms with E-state index in [9.17, 15) is 4.79 Å². The van der Waals surface area contributed by atoms with Gasteiger partial charge in [0.1, 0.15) is 16.4 Å². The summed E-state index contributed by atoms with van der Waals surface area (Å²) in [5.74, 6) is 1.97. The topological polar surface area (TPSA) is 64.5 Å². The van der Waals surface area contributed by atoms with Gasteiger partial charge in [0.25, 0.3) is 0 Å². The fourth-order valence-corrected chi connectivity index (χ4v) is 5.62. The Bertz CT molecular complexity index is 1260. The molecule has 1 fully saturated rings. The third kappa shape index (κ3) is 4.31. The lowest BCUT2D eigenvalue weighted by Crippen LogP contribution is -2.35. The van der Waals surface area contributed by atoms with Crippen molar-refractivity contribution in [3.05, 3.63) is 58.0 Å². The number of hydrogen-bond donors (Lipinski definition) is 0. The Kier molecular flexibility index (Phi) is 6.01. The lowest BCUT2D eigenvalue weighted by molar-refractivity contribution is 0.0339. The number of ketones is 1. The van der Waals surface area contributed by atoms with Crippen molar-refractivity contribution in [2.24, 2.45) is 0 Å². The van der Waals surface area contributed by atoms with Crippen LogP contribution in [0, 0.1) is 6.92 Å². The molecule has 1 aliphatic rings. The molecule has 0 N–H and O–H groups in total. The van der Waals surface area contributed by atoms with E-state index in [0.29, 0.717) is 42.8 Å². The van der Waals surface area contributed by atoms with Gasteiger partial charge in [-0.15, -0.1) is 22.7 Å². The number of nitrogens with zero attached hydrogens (tertiary/aromatic N) is 3. The van der Waals surface area contributed by atoms with E-state index < -0.39 is 0 Å². The Labute approximate surface area is 194 Å². The number of hydrogen-bond acceptors (Lipinski definition) is 8. The molecule has 4 aromatic rings. The number of fused-ring (bicyclic) bond motifs is 1. The van der Waals surface area contributed by atoms with Crippen LogP contribution in [0.2, 0.25) is 0 Å². The first kappa shape index (κ1) is 21.2. The maximum Gasteiger partial charge on any atom is 0.232 e. The van der Waals surface area contributed by atoms with Crippen LogP contribution in [-0.4, -0.2) is 47.0 Å². The van der Waals surface area contributed by atoms with E-state index in [4.69, 9.17) is 9.47 Å². The fraction of sp³-hybridized carbons (Fsp3) is 0.292. The van der Waals surface area contributed by atoms with Gasteiger partial charge in [0, 0.05) is 46.6 Å². The van der Waals surface area contributed by atoms with Crippen LogP contribution in [0.1, 0.15) is 28.7 Å². The van der Waals surface area contributed by atoms with Crippen LogP contribution < -0.4 is 4.74 Å². The van der Waals surface area contributed by atoms with Crippen molar-refractivity contribution in [3.8, 4) is 22.1 Å². The largest absolute Gasteiger partial charge is 0.438 e. The van der Waals surface area contributed by atoms with E-state index in [1.807, 2.05) is 31.2 Å². The smallest absolute Gasteiger partial charge is 0.232 e. The number of benzene rings is 1. The van der Waals surface area contributed by atoms with Crippen molar-refractivity contribution in [1.82, 2.24) is 14.9 Å². The van der Waals surface area contributed by atoms with Gasteiger partial charge in [-0.2, -0.15) is 4.98 Å². The molecule has 0 spiro atoms. The molecule has 0 bridgehead atoms. The Morgan fingerprint density at radius 3 is 2.78 bits per heavy atom. The van der Waals surface area contributed by atoms with Crippen molar-refractivity contribution in [1.29, 1.82) is 0 Å². The van der Waals surface area contributed by atoms with E-state index in [2.05, 4.69) is 31.7 Å². The predicted molar refractivity (Wildman–Crippen MR) is 128 cm³/mol. The zero-order valence-corrected chi connectivity index (χ0v) is 19.6. The summed E-state index contributed by atoms with van der Waals surface area (Å²) in [6.07, 6.45) is 0. The molecule has 0 saturated carbocycles. The molecule has 6 nitrogen and oxygen atoms in total. The first-order valence-corrected chi connectivity index (χ1v) is 12.3. The van der Waals surface area contributed by atoms with Gasteiger partial charge in [0.2, 0.25) is 5.88 Å². The number of aryl methyl sites for hydroxylation is 1. The quantitative estimate of drug-likeness (QED) is 0.348. The minimum Gasteiger partial charge on any atom is -0.438 e. The molecular formula is C24H23N3O3S2. The number of carbonyl (C=O) groups excluding carboxylic acids is 1. The molecule has 164 valence electrons. The number of aromatic nitrogens is 2. The molecule has 3 aromatic heterocycles. The van der Waals surface area contributed by atoms with E-state index in [1.165, 1.54) is 0 Å². The second-order valence-electron chi connectivity index (χ2n) is 7.75. The highest BCUT2D eigenvalue weighted by Crippen LogP contribution is 2.41. The fourth-order valence-electron chi connectivity index (χ4n) is 3.82. The Morgan fingerprint density at radius 1 is 1.19 bits per heavy atom. The van der Waals surface area contributed by atoms with Gasteiger partial charge in [-0.3, -0.25) is 9.69 Å². The van der Waals surface area contributed by atoms with Crippen molar-refractivity contribution in [2.45, 2.75) is 20.4 Å². The van der Waals surface area contributed by atoms with E-state index in [-0.39, 0.29) is 5.78 Å². The molecule has 4 heterocycles. The molecule has 0 unspecified atom stereocenters. The average Bonchev–Trinajstić information content (AvgIpc) is 3.45. The molecule has 0 amide bonds. The first-order valence-electron chi connectivity index (χ1n) is 10.5. The van der Waals surface area contributed by atoms with Crippen LogP contribution in [0.5, 0.6) is 11.6 Å². The van der Waals surface area contributed by atoms with Crippen LogP contribution in [-0.2, 0) is 11.3 Å². The molecule has 0 radical (unpaired) electrons. The van der Waals surface area contributed by atoms with Crippen LogP contribution in [0.4, 0.5) is 0 Å². The number of ether oxygens (including phenoxy) is 2. The number of thiophene rings is 2. The first-order chi connectivity index (χ1) is 15.6. The third-order valence-corrected chi connectivity index (χ3v) is 7.25. The van der Waals surface area contributed by atoms with Crippen LogP contribution in [0.3, 0.4) is 0 Å². The van der Waals surface area contributed by atoms with Gasteiger partial charge in [-0.25, -0.2) is 4.98 Å². The SMILES string of the molecule is CC(=O)c1ccc(Oc2nc(C)nc3scc(-c4cccs4)c23)c(CN2CCOCC2)c1. The summed E-state index contributed by atoms with van der Waals surface area (Å²) in [6, 6.07) is 9.78. The molecule has 32 heavy (non-hydrogen) atoms. The Balaban J connectivity index is 1.57. The third-order valence-electron chi connectivity index (χ3n) is 5.47. The molecule has 0 atom stereocenters. The molecule has 1 aliphatic heterocycles. The summed E-state index contributed by atoms with van der Waals surface area (Å²) < 4.78 is 12.0. The molecule has 0 aliphatic carbocycles. The van der Waals surface area contributed by atoms with Crippen LogP contribution in [0.15, 0.2) is 41.1 Å². The summed E-state index contributed by atoms with van der Waals surface area (Å²) in [5, 5.41) is 5.11. The van der Waals surface area contributed by atoms with E-state index in [0.717, 1.165) is 39.3 Å². The maximum absolute atomic E-state index is 12.0. The van der Waals surface area contributed by atoms with Gasteiger partial charge in [-0.05, 0) is 43.5 Å². The Morgan fingerprint density at radius 2 is 2.03 bits per heavy atom. The van der Waals surface area contributed by atoms with Gasteiger partial charge in [0.15, 0.2) is 5.78 Å². The molecule has 1 saturated heterocycles. The van der Waals surface area contributed by atoms with Crippen LogP contribution >= 0.6 is 22.7 Å². The van der Waals surface area contributed by atoms with Crippen molar-refractivity contribution in [3.63, 3.8) is 0 Å². The molecule has 1 aromatic carbocycles. The lowest BCUT2D eigenvalue weighted by atomic mass is 10.1. The molecular weight excluding hydrogens is 442 g/mol. The molecule has 5 rings (SSSR count). The highest BCUT2D eigenvalue weighted by atomic mass is 32.1.